The lowest BCUT2D eigenvalue weighted by molar-refractivity contribution is 0.243. The Morgan fingerprint density at radius 3 is 2.79 bits per heavy atom. The lowest BCUT2D eigenvalue weighted by Crippen LogP contribution is -2.31. The van der Waals surface area contributed by atoms with Crippen molar-refractivity contribution >= 4 is 0 Å². The summed E-state index contributed by atoms with van der Waals surface area (Å²) in [6.45, 7) is 3.83. The van der Waals surface area contributed by atoms with E-state index < -0.39 is 0 Å². The van der Waals surface area contributed by atoms with Crippen LogP contribution in [0.25, 0.3) is 0 Å². The maximum absolute atomic E-state index is 12.8. The Hall–Kier alpha value is -1.00. The molecule has 78 valence electrons. The molecule has 14 heavy (non-hydrogen) atoms. The summed E-state index contributed by atoms with van der Waals surface area (Å²) in [7, 11) is 0. The topological polar surface area (TPSA) is 45.1 Å². The Morgan fingerprint density at radius 2 is 2.21 bits per heavy atom. The van der Waals surface area contributed by atoms with Gasteiger partial charge in [-0.3, -0.25) is 4.98 Å². The average Bonchev–Trinajstić information content (AvgIpc) is 2.17. The lowest BCUT2D eigenvalue weighted by atomic mass is 10.1. The molecule has 0 aliphatic rings. The van der Waals surface area contributed by atoms with Gasteiger partial charge in [-0.15, -0.1) is 0 Å². The molecule has 1 unspecified atom stereocenters. The number of hydrogen-bond donors (Lipinski definition) is 2. The van der Waals surface area contributed by atoms with Crippen molar-refractivity contribution in [2.24, 2.45) is 0 Å². The van der Waals surface area contributed by atoms with Crippen LogP contribution in [0.2, 0.25) is 0 Å². The van der Waals surface area contributed by atoms with Crippen molar-refractivity contribution in [1.29, 1.82) is 0 Å². The number of hydrogen-bond acceptors (Lipinski definition) is 3. The minimum Gasteiger partial charge on any atom is -0.395 e. The molecular weight excluding hydrogens is 183 g/mol. The molecule has 0 saturated carbocycles. The van der Waals surface area contributed by atoms with Gasteiger partial charge >= 0.3 is 0 Å². The highest BCUT2D eigenvalue weighted by Gasteiger charge is 2.09. The first kappa shape index (κ1) is 11.1. The number of nitrogens with one attached hydrogen (secondary N) is 1. The molecule has 1 aromatic heterocycles. The van der Waals surface area contributed by atoms with E-state index >= 15 is 0 Å². The van der Waals surface area contributed by atoms with E-state index in [1.54, 1.807) is 6.20 Å². The Morgan fingerprint density at radius 1 is 1.50 bits per heavy atom. The molecule has 1 aromatic rings. The summed E-state index contributed by atoms with van der Waals surface area (Å²) < 4.78 is 12.8. The van der Waals surface area contributed by atoms with Crippen LogP contribution in [0.5, 0.6) is 0 Å². The van der Waals surface area contributed by atoms with Crippen LogP contribution in [-0.2, 0) is 0 Å². The molecule has 0 saturated heterocycles. The Labute approximate surface area is 83.0 Å². The van der Waals surface area contributed by atoms with Crippen molar-refractivity contribution in [3.05, 3.63) is 29.8 Å². The summed E-state index contributed by atoms with van der Waals surface area (Å²) in [5.74, 6) is -0.340. The van der Waals surface area contributed by atoms with E-state index in [0.29, 0.717) is 0 Å². The van der Waals surface area contributed by atoms with Crippen molar-refractivity contribution < 1.29 is 9.50 Å². The zero-order valence-electron chi connectivity index (χ0n) is 8.37. The van der Waals surface area contributed by atoms with Gasteiger partial charge in [-0.1, -0.05) is 0 Å². The van der Waals surface area contributed by atoms with Gasteiger partial charge in [0.15, 0.2) is 0 Å². The molecule has 3 nitrogen and oxygen atoms in total. The summed E-state index contributed by atoms with van der Waals surface area (Å²) in [4.78, 5) is 3.76. The molecule has 0 radical (unpaired) electrons. The third kappa shape index (κ3) is 3.05. The largest absolute Gasteiger partial charge is 0.395 e. The maximum atomic E-state index is 12.8. The molecule has 0 fully saturated rings. The highest BCUT2D eigenvalue weighted by Crippen LogP contribution is 2.12. The molecule has 0 aromatic carbocycles. The molecule has 1 rings (SSSR count). The Balaban J connectivity index is 2.64. The highest BCUT2D eigenvalue weighted by atomic mass is 19.1. The van der Waals surface area contributed by atoms with Crippen LogP contribution in [-0.4, -0.2) is 22.7 Å². The zero-order valence-corrected chi connectivity index (χ0v) is 8.37. The molecular formula is C10H15FN2O. The first-order valence-corrected chi connectivity index (χ1v) is 4.61. The van der Waals surface area contributed by atoms with E-state index in [-0.39, 0.29) is 24.5 Å². The number of aliphatic hydroxyl groups is 1. The van der Waals surface area contributed by atoms with Crippen LogP contribution >= 0.6 is 0 Å². The smallest absolute Gasteiger partial charge is 0.141 e. The van der Waals surface area contributed by atoms with Gasteiger partial charge in [-0.05, 0) is 25.5 Å². The van der Waals surface area contributed by atoms with Crippen molar-refractivity contribution in [1.82, 2.24) is 10.3 Å². The zero-order chi connectivity index (χ0) is 10.6. The standard InChI is InChI=1S/C10H15FN2O/c1-7(6-14)13-8(2)9-3-10(11)5-12-4-9/h3-5,7-8,13-14H,6H2,1-2H3/t7-,8?/m1/s1. The molecule has 2 N–H and O–H groups in total. The fourth-order valence-corrected chi connectivity index (χ4v) is 1.24. The Kier molecular flexibility index (Phi) is 3.98. The summed E-state index contributed by atoms with van der Waals surface area (Å²) in [6.07, 6.45) is 2.79. The van der Waals surface area contributed by atoms with Gasteiger partial charge in [0.25, 0.3) is 0 Å². The van der Waals surface area contributed by atoms with Gasteiger partial charge < -0.3 is 10.4 Å². The summed E-state index contributed by atoms with van der Waals surface area (Å²) >= 11 is 0. The number of rotatable bonds is 4. The van der Waals surface area contributed by atoms with E-state index in [4.69, 9.17) is 5.11 Å². The summed E-state index contributed by atoms with van der Waals surface area (Å²) in [6, 6.07) is 1.42. The molecule has 4 heteroatoms. The van der Waals surface area contributed by atoms with Crippen molar-refractivity contribution in [2.45, 2.75) is 25.9 Å². The van der Waals surface area contributed by atoms with Crippen LogP contribution in [0.3, 0.4) is 0 Å². The maximum Gasteiger partial charge on any atom is 0.141 e. The number of aliphatic hydroxyl groups excluding tert-OH is 1. The molecule has 1 heterocycles. The van der Waals surface area contributed by atoms with E-state index in [2.05, 4.69) is 10.3 Å². The molecule has 0 amide bonds. The van der Waals surface area contributed by atoms with Crippen LogP contribution < -0.4 is 5.32 Å². The minimum atomic E-state index is -0.340. The normalized spacial score (nSPS) is 15.1. The van der Waals surface area contributed by atoms with E-state index in [0.717, 1.165) is 5.56 Å². The molecule has 2 atom stereocenters. The van der Waals surface area contributed by atoms with Crippen LogP contribution in [0.4, 0.5) is 4.39 Å². The fraction of sp³-hybridized carbons (Fsp3) is 0.500. The molecule has 0 aliphatic heterocycles. The van der Waals surface area contributed by atoms with E-state index in [9.17, 15) is 4.39 Å². The van der Waals surface area contributed by atoms with Gasteiger partial charge in [0.05, 0.1) is 12.8 Å². The van der Waals surface area contributed by atoms with Crippen molar-refractivity contribution in [2.75, 3.05) is 6.61 Å². The fourth-order valence-electron chi connectivity index (χ4n) is 1.24. The molecule has 0 aliphatic carbocycles. The SMILES string of the molecule is CC(N[C@H](C)CO)c1cncc(F)c1. The second-order valence-electron chi connectivity index (χ2n) is 3.41. The van der Waals surface area contributed by atoms with Crippen molar-refractivity contribution in [3.63, 3.8) is 0 Å². The lowest BCUT2D eigenvalue weighted by Gasteiger charge is -2.18. The van der Waals surface area contributed by atoms with Crippen LogP contribution in [0.1, 0.15) is 25.5 Å². The molecule has 0 bridgehead atoms. The second kappa shape index (κ2) is 5.02. The van der Waals surface area contributed by atoms with Crippen LogP contribution in [0.15, 0.2) is 18.5 Å². The third-order valence-electron chi connectivity index (χ3n) is 2.03. The second-order valence-corrected chi connectivity index (χ2v) is 3.41. The summed E-state index contributed by atoms with van der Waals surface area (Å²) in [5.41, 5.74) is 0.783. The van der Waals surface area contributed by atoms with Gasteiger partial charge in [-0.25, -0.2) is 4.39 Å². The van der Waals surface area contributed by atoms with Gasteiger partial charge in [0.1, 0.15) is 5.82 Å². The highest BCUT2D eigenvalue weighted by molar-refractivity contribution is 5.14. The third-order valence-corrected chi connectivity index (χ3v) is 2.03. The summed E-state index contributed by atoms with van der Waals surface area (Å²) in [5, 5.41) is 11.9. The van der Waals surface area contributed by atoms with E-state index in [1.807, 2.05) is 13.8 Å². The number of aromatic nitrogens is 1. The van der Waals surface area contributed by atoms with Gasteiger partial charge in [-0.2, -0.15) is 0 Å². The van der Waals surface area contributed by atoms with E-state index in [1.165, 1.54) is 12.3 Å². The number of pyridine rings is 1. The first-order valence-electron chi connectivity index (χ1n) is 4.61. The molecule has 0 spiro atoms. The predicted molar refractivity (Wildman–Crippen MR) is 52.3 cm³/mol. The minimum absolute atomic E-state index is 0.00623. The van der Waals surface area contributed by atoms with Gasteiger partial charge in [0, 0.05) is 18.3 Å². The average molecular weight is 198 g/mol. The number of nitrogens with zero attached hydrogens (tertiary/aromatic N) is 1. The Bertz CT molecular complexity index is 293. The predicted octanol–water partition coefficient (Wildman–Crippen LogP) is 1.25. The quantitative estimate of drug-likeness (QED) is 0.765. The van der Waals surface area contributed by atoms with Crippen molar-refractivity contribution in [3.8, 4) is 0 Å². The number of halogens is 1. The van der Waals surface area contributed by atoms with Gasteiger partial charge in [0.2, 0.25) is 0 Å². The monoisotopic (exact) mass is 198 g/mol. The first-order chi connectivity index (χ1) is 6.63. The van der Waals surface area contributed by atoms with Crippen LogP contribution in [0, 0.1) is 5.82 Å².